The van der Waals surface area contributed by atoms with Gasteiger partial charge in [0.2, 0.25) is 5.91 Å². The molecule has 0 aliphatic carbocycles. The van der Waals surface area contributed by atoms with Crippen molar-refractivity contribution in [2.75, 3.05) is 24.7 Å². The fraction of sp³-hybridized carbons (Fsp3) is 0.467. The Kier molecular flexibility index (Phi) is 4.51. The fourth-order valence-corrected chi connectivity index (χ4v) is 3.97. The average Bonchev–Trinajstić information content (AvgIpc) is 3.25. The number of carbonyl (C=O) groups is 3. The number of carboxylic acids is 1. The first-order valence-corrected chi connectivity index (χ1v) is 8.60. The van der Waals surface area contributed by atoms with Gasteiger partial charge in [0.25, 0.3) is 5.91 Å². The maximum Gasteiger partial charge on any atom is 0.335 e. The van der Waals surface area contributed by atoms with E-state index in [0.717, 1.165) is 25.9 Å². The molecule has 1 aromatic rings. The summed E-state index contributed by atoms with van der Waals surface area (Å²) in [6.07, 6.45) is 3.31. The number of hydrogen-bond donors (Lipinski definition) is 1. The van der Waals surface area contributed by atoms with Crippen LogP contribution in [0.3, 0.4) is 0 Å². The maximum atomic E-state index is 12.6. The average molecular weight is 335 g/mol. The highest BCUT2D eigenvalue weighted by Crippen LogP contribution is 2.25. The lowest BCUT2D eigenvalue weighted by Gasteiger charge is -2.26. The Morgan fingerprint density at radius 1 is 1.26 bits per heavy atom. The number of aromatic nitrogens is 1. The molecule has 3 heterocycles. The number of carboxylic acid groups (broad SMARTS) is 1. The van der Waals surface area contributed by atoms with Crippen molar-refractivity contribution < 1.29 is 19.5 Å². The van der Waals surface area contributed by atoms with Crippen LogP contribution in [0.25, 0.3) is 0 Å². The van der Waals surface area contributed by atoms with Crippen LogP contribution >= 0.6 is 11.8 Å². The summed E-state index contributed by atoms with van der Waals surface area (Å²) in [6.45, 7) is 1.49. The van der Waals surface area contributed by atoms with Crippen molar-refractivity contribution in [2.24, 2.45) is 0 Å². The van der Waals surface area contributed by atoms with Gasteiger partial charge in [0.05, 0.1) is 11.4 Å². The number of rotatable bonds is 3. The minimum Gasteiger partial charge on any atom is -0.478 e. The molecule has 8 heteroatoms. The minimum absolute atomic E-state index is 0.0117. The van der Waals surface area contributed by atoms with Crippen LogP contribution in [0, 0.1) is 0 Å². The number of hydrogen-bond acceptors (Lipinski definition) is 5. The first-order chi connectivity index (χ1) is 11.1. The molecule has 0 bridgehead atoms. The van der Waals surface area contributed by atoms with Gasteiger partial charge < -0.3 is 14.9 Å². The van der Waals surface area contributed by atoms with Gasteiger partial charge in [-0.15, -0.1) is 11.8 Å². The lowest BCUT2D eigenvalue weighted by atomic mass is 10.2. The molecule has 7 nitrogen and oxygen atoms in total. The van der Waals surface area contributed by atoms with Crippen molar-refractivity contribution in [2.45, 2.75) is 18.9 Å². The molecule has 0 spiro atoms. The fourth-order valence-electron chi connectivity index (χ4n) is 2.82. The SMILES string of the molecule is O=C(O)c1ccnc(C(=O)N2CSCC2C(=O)N2CCCC2)c1. The molecule has 0 saturated carbocycles. The van der Waals surface area contributed by atoms with E-state index in [1.165, 1.54) is 35.0 Å². The van der Waals surface area contributed by atoms with Gasteiger partial charge in [-0.1, -0.05) is 0 Å². The van der Waals surface area contributed by atoms with Crippen LogP contribution in [0.2, 0.25) is 0 Å². The predicted octanol–water partition coefficient (Wildman–Crippen LogP) is 0.917. The second kappa shape index (κ2) is 6.57. The lowest BCUT2D eigenvalue weighted by molar-refractivity contribution is -0.133. The van der Waals surface area contributed by atoms with Gasteiger partial charge in [-0.3, -0.25) is 14.6 Å². The van der Waals surface area contributed by atoms with Gasteiger partial charge in [0.15, 0.2) is 0 Å². The van der Waals surface area contributed by atoms with Crippen LogP contribution < -0.4 is 0 Å². The van der Waals surface area contributed by atoms with Crippen LogP contribution in [0.4, 0.5) is 0 Å². The Labute approximate surface area is 137 Å². The smallest absolute Gasteiger partial charge is 0.335 e. The van der Waals surface area contributed by atoms with Crippen LogP contribution in [-0.4, -0.2) is 68.4 Å². The second-order valence-electron chi connectivity index (χ2n) is 5.56. The Bertz CT molecular complexity index is 645. The summed E-state index contributed by atoms with van der Waals surface area (Å²) in [5.74, 6) is -0.533. The van der Waals surface area contributed by atoms with Crippen molar-refractivity contribution >= 4 is 29.5 Å². The molecule has 2 saturated heterocycles. The molecule has 2 aliphatic rings. The Morgan fingerprint density at radius 2 is 2.00 bits per heavy atom. The summed E-state index contributed by atoms with van der Waals surface area (Å²) >= 11 is 1.52. The number of carbonyl (C=O) groups excluding carboxylic acids is 2. The van der Waals surface area contributed by atoms with Gasteiger partial charge in [0.1, 0.15) is 11.7 Å². The van der Waals surface area contributed by atoms with Crippen LogP contribution in [0.1, 0.15) is 33.7 Å². The maximum absolute atomic E-state index is 12.6. The summed E-state index contributed by atoms with van der Waals surface area (Å²) in [5.41, 5.74) is 0.0734. The van der Waals surface area contributed by atoms with Gasteiger partial charge in [-0.05, 0) is 25.0 Å². The molecule has 1 unspecified atom stereocenters. The summed E-state index contributed by atoms with van der Waals surface area (Å²) in [6, 6.07) is 2.11. The lowest BCUT2D eigenvalue weighted by Crippen LogP contribution is -2.48. The molecule has 1 N–H and O–H groups in total. The monoisotopic (exact) mass is 335 g/mol. The standard InChI is InChI=1S/C15H17N3O4S/c19-13(11-7-10(15(21)22)3-4-16-11)18-9-23-8-12(18)14(20)17-5-1-2-6-17/h3-4,7,12H,1-2,5-6,8-9H2,(H,21,22). The molecule has 0 aromatic carbocycles. The van der Waals surface area contributed by atoms with Crippen LogP contribution in [0.5, 0.6) is 0 Å². The van der Waals surface area contributed by atoms with Crippen LogP contribution in [-0.2, 0) is 4.79 Å². The summed E-state index contributed by atoms with van der Waals surface area (Å²) in [4.78, 5) is 43.5. The van der Waals surface area contributed by atoms with E-state index in [4.69, 9.17) is 5.11 Å². The number of thioether (sulfide) groups is 1. The zero-order valence-corrected chi connectivity index (χ0v) is 13.3. The highest BCUT2D eigenvalue weighted by atomic mass is 32.2. The molecule has 1 aromatic heterocycles. The molecule has 2 amide bonds. The Balaban J connectivity index is 1.79. The van der Waals surface area contributed by atoms with Gasteiger partial charge >= 0.3 is 5.97 Å². The third-order valence-corrected chi connectivity index (χ3v) is 5.08. The number of amides is 2. The van der Waals surface area contributed by atoms with Crippen molar-refractivity contribution in [1.82, 2.24) is 14.8 Å². The van der Waals surface area contributed by atoms with E-state index >= 15 is 0 Å². The third kappa shape index (κ3) is 3.17. The normalized spacial score (nSPS) is 20.8. The van der Waals surface area contributed by atoms with E-state index in [1.54, 1.807) is 4.90 Å². The summed E-state index contributed by atoms with van der Waals surface area (Å²) in [5, 5.41) is 9.02. The van der Waals surface area contributed by atoms with E-state index in [0.29, 0.717) is 11.6 Å². The number of nitrogens with zero attached hydrogens (tertiary/aromatic N) is 3. The molecule has 0 radical (unpaired) electrons. The zero-order chi connectivity index (χ0) is 16.4. The number of likely N-dealkylation sites (tertiary alicyclic amines) is 1. The molecule has 3 rings (SSSR count). The van der Waals surface area contributed by atoms with E-state index < -0.39 is 17.9 Å². The molecule has 23 heavy (non-hydrogen) atoms. The van der Waals surface area contributed by atoms with Gasteiger partial charge in [-0.2, -0.15) is 0 Å². The van der Waals surface area contributed by atoms with Crippen LogP contribution in [0.15, 0.2) is 18.3 Å². The Morgan fingerprint density at radius 3 is 2.70 bits per heavy atom. The molecular formula is C15H17N3O4S. The molecule has 1 atom stereocenters. The molecule has 122 valence electrons. The minimum atomic E-state index is -1.11. The van der Waals surface area contributed by atoms with E-state index in [2.05, 4.69) is 4.98 Å². The van der Waals surface area contributed by atoms with E-state index in [9.17, 15) is 14.4 Å². The predicted molar refractivity (Wildman–Crippen MR) is 84.3 cm³/mol. The largest absolute Gasteiger partial charge is 0.478 e. The first kappa shape index (κ1) is 15.8. The van der Waals surface area contributed by atoms with Crippen molar-refractivity contribution in [3.8, 4) is 0 Å². The van der Waals surface area contributed by atoms with Crippen molar-refractivity contribution in [1.29, 1.82) is 0 Å². The zero-order valence-electron chi connectivity index (χ0n) is 12.5. The van der Waals surface area contributed by atoms with Gasteiger partial charge in [0, 0.05) is 25.0 Å². The third-order valence-electron chi connectivity index (χ3n) is 4.07. The molecule has 2 fully saturated rings. The molecular weight excluding hydrogens is 318 g/mol. The van der Waals surface area contributed by atoms with E-state index in [1.807, 2.05) is 0 Å². The first-order valence-electron chi connectivity index (χ1n) is 7.45. The highest BCUT2D eigenvalue weighted by Gasteiger charge is 2.38. The topological polar surface area (TPSA) is 90.8 Å². The quantitative estimate of drug-likeness (QED) is 0.883. The Hall–Kier alpha value is -2.09. The van der Waals surface area contributed by atoms with Crippen molar-refractivity contribution in [3.05, 3.63) is 29.6 Å². The van der Waals surface area contributed by atoms with Crippen molar-refractivity contribution in [3.63, 3.8) is 0 Å². The number of aromatic carboxylic acids is 1. The van der Waals surface area contributed by atoms with E-state index in [-0.39, 0.29) is 17.2 Å². The summed E-state index contributed by atoms with van der Waals surface area (Å²) < 4.78 is 0. The van der Waals surface area contributed by atoms with Gasteiger partial charge in [-0.25, -0.2) is 4.79 Å². The second-order valence-corrected chi connectivity index (χ2v) is 6.56. The summed E-state index contributed by atoms with van der Waals surface area (Å²) in [7, 11) is 0. The number of pyridine rings is 1. The molecule has 2 aliphatic heterocycles. The highest BCUT2D eigenvalue weighted by molar-refractivity contribution is 7.99.